The Morgan fingerprint density at radius 2 is 1.67 bits per heavy atom. The summed E-state index contributed by atoms with van der Waals surface area (Å²) in [6.07, 6.45) is 1.71. The van der Waals surface area contributed by atoms with Gasteiger partial charge in [0.1, 0.15) is 5.82 Å². The van der Waals surface area contributed by atoms with Gasteiger partial charge in [-0.25, -0.2) is 4.39 Å². The highest BCUT2D eigenvalue weighted by atomic mass is 19.1. The summed E-state index contributed by atoms with van der Waals surface area (Å²) in [4.78, 5) is 11.6. The molecule has 156 valence electrons. The van der Waals surface area contributed by atoms with Gasteiger partial charge in [0.25, 0.3) is 0 Å². The summed E-state index contributed by atoms with van der Waals surface area (Å²) in [6, 6.07) is 25.3. The second-order valence-corrected chi connectivity index (χ2v) is 7.48. The number of ether oxygens (including phenoxy) is 1. The van der Waals surface area contributed by atoms with Crippen LogP contribution in [-0.2, 0) is 16.0 Å². The molecule has 3 aromatic carbocycles. The smallest absolute Gasteiger partial charge is 0.319 e. The fraction of sp³-hybridized carbons (Fsp3) is 0.269. The van der Waals surface area contributed by atoms with Gasteiger partial charge in [-0.05, 0) is 48.4 Å². The van der Waals surface area contributed by atoms with E-state index in [-0.39, 0.29) is 30.3 Å². The van der Waals surface area contributed by atoms with Crippen LogP contribution in [0.4, 0.5) is 4.39 Å². The van der Waals surface area contributed by atoms with Crippen LogP contribution in [0.1, 0.15) is 30.4 Å². The highest BCUT2D eigenvalue weighted by Gasteiger charge is 2.21. The number of rotatable bonds is 9. The maximum atomic E-state index is 15.0. The molecule has 0 radical (unpaired) electrons. The predicted octanol–water partition coefficient (Wildman–Crippen LogP) is 5.36. The first-order chi connectivity index (χ1) is 14.6. The summed E-state index contributed by atoms with van der Waals surface area (Å²) in [5, 5.41) is 3.24. The number of nitrogens with one attached hydrogen (secondary N) is 1. The molecule has 0 spiro atoms. The van der Waals surface area contributed by atoms with Gasteiger partial charge in [0.05, 0.1) is 13.7 Å². The average Bonchev–Trinajstić information content (AvgIpc) is 2.79. The van der Waals surface area contributed by atoms with Crippen molar-refractivity contribution < 1.29 is 13.9 Å². The SMILES string of the molecule is COC(=O)CN[C@H](C)[C@H](CCc1ccccc1)c1ccc(-c2ccccc2)c(F)c1. The largest absolute Gasteiger partial charge is 0.468 e. The highest BCUT2D eigenvalue weighted by molar-refractivity contribution is 5.71. The van der Waals surface area contributed by atoms with Crippen LogP contribution in [-0.4, -0.2) is 25.7 Å². The molecule has 0 aliphatic heterocycles. The number of esters is 1. The van der Waals surface area contributed by atoms with Crippen molar-refractivity contribution in [3.8, 4) is 11.1 Å². The molecule has 0 saturated heterocycles. The lowest BCUT2D eigenvalue weighted by atomic mass is 9.86. The van der Waals surface area contributed by atoms with Gasteiger partial charge < -0.3 is 10.1 Å². The van der Waals surface area contributed by atoms with E-state index in [1.54, 1.807) is 6.07 Å². The van der Waals surface area contributed by atoms with Gasteiger partial charge in [0.15, 0.2) is 0 Å². The Kier molecular flexibility index (Phi) is 7.75. The first-order valence-corrected chi connectivity index (χ1v) is 10.3. The molecule has 3 nitrogen and oxygen atoms in total. The maximum Gasteiger partial charge on any atom is 0.319 e. The molecule has 0 bridgehead atoms. The van der Waals surface area contributed by atoms with Crippen molar-refractivity contribution in [2.45, 2.75) is 31.7 Å². The number of hydrogen-bond acceptors (Lipinski definition) is 3. The van der Waals surface area contributed by atoms with Crippen LogP contribution in [0.2, 0.25) is 0 Å². The molecule has 0 fully saturated rings. The Hall–Kier alpha value is -2.98. The molecule has 0 saturated carbocycles. The van der Waals surface area contributed by atoms with Gasteiger partial charge in [0, 0.05) is 11.6 Å². The number of carbonyl (C=O) groups excluding carboxylic acids is 1. The quantitative estimate of drug-likeness (QED) is 0.487. The Balaban J connectivity index is 1.82. The molecule has 3 rings (SSSR count). The van der Waals surface area contributed by atoms with E-state index in [1.807, 2.05) is 67.6 Å². The van der Waals surface area contributed by atoms with Crippen LogP contribution >= 0.6 is 0 Å². The number of benzene rings is 3. The van der Waals surface area contributed by atoms with Crippen molar-refractivity contribution in [1.29, 1.82) is 0 Å². The summed E-state index contributed by atoms with van der Waals surface area (Å²) < 4.78 is 19.7. The van der Waals surface area contributed by atoms with Gasteiger partial charge in [-0.2, -0.15) is 0 Å². The van der Waals surface area contributed by atoms with Crippen molar-refractivity contribution in [3.63, 3.8) is 0 Å². The van der Waals surface area contributed by atoms with E-state index < -0.39 is 0 Å². The second-order valence-electron chi connectivity index (χ2n) is 7.48. The third-order valence-electron chi connectivity index (χ3n) is 5.49. The van der Waals surface area contributed by atoms with E-state index in [0.717, 1.165) is 24.0 Å². The minimum absolute atomic E-state index is 0.0187. The standard InChI is InChI=1S/C26H28FNO2/c1-19(28-18-26(29)30-2)23(15-13-20-9-5-3-6-10-20)22-14-16-24(25(27)17-22)21-11-7-4-8-12-21/h3-12,14,16-17,19,23,28H,13,15,18H2,1-2H3/t19-,23+/m1/s1. The summed E-state index contributed by atoms with van der Waals surface area (Å²) in [6.45, 7) is 2.16. The van der Waals surface area contributed by atoms with Crippen LogP contribution in [0, 0.1) is 5.82 Å². The predicted molar refractivity (Wildman–Crippen MR) is 119 cm³/mol. The number of halogens is 1. The molecular formula is C26H28FNO2. The minimum Gasteiger partial charge on any atom is -0.468 e. The van der Waals surface area contributed by atoms with E-state index in [2.05, 4.69) is 17.4 Å². The summed E-state index contributed by atoms with van der Waals surface area (Å²) in [7, 11) is 1.37. The summed E-state index contributed by atoms with van der Waals surface area (Å²) in [5.74, 6) is -0.493. The third kappa shape index (κ3) is 5.77. The van der Waals surface area contributed by atoms with Crippen molar-refractivity contribution in [2.24, 2.45) is 0 Å². The van der Waals surface area contributed by atoms with Crippen LogP contribution in [0.25, 0.3) is 11.1 Å². The zero-order valence-corrected chi connectivity index (χ0v) is 17.5. The molecule has 0 unspecified atom stereocenters. The summed E-state index contributed by atoms with van der Waals surface area (Å²) in [5.41, 5.74) is 3.62. The van der Waals surface area contributed by atoms with E-state index in [4.69, 9.17) is 4.74 Å². The Bertz CT molecular complexity index is 944. The van der Waals surface area contributed by atoms with E-state index in [0.29, 0.717) is 5.56 Å². The van der Waals surface area contributed by atoms with Gasteiger partial charge in [0.2, 0.25) is 0 Å². The fourth-order valence-electron chi connectivity index (χ4n) is 3.74. The molecule has 2 atom stereocenters. The lowest BCUT2D eigenvalue weighted by molar-refractivity contribution is -0.139. The van der Waals surface area contributed by atoms with Crippen molar-refractivity contribution in [1.82, 2.24) is 5.32 Å². The number of methoxy groups -OCH3 is 1. The maximum absolute atomic E-state index is 15.0. The summed E-state index contributed by atoms with van der Waals surface area (Å²) >= 11 is 0. The number of aryl methyl sites for hydroxylation is 1. The van der Waals surface area contributed by atoms with Gasteiger partial charge in [-0.1, -0.05) is 72.8 Å². The molecule has 0 amide bonds. The molecule has 0 aliphatic carbocycles. The van der Waals surface area contributed by atoms with Crippen LogP contribution in [0.15, 0.2) is 78.9 Å². The first-order valence-electron chi connectivity index (χ1n) is 10.3. The minimum atomic E-state index is -0.311. The van der Waals surface area contributed by atoms with E-state index in [9.17, 15) is 9.18 Å². The monoisotopic (exact) mass is 405 g/mol. The lowest BCUT2D eigenvalue weighted by Gasteiger charge is -2.26. The second kappa shape index (κ2) is 10.7. The van der Waals surface area contributed by atoms with E-state index >= 15 is 0 Å². The van der Waals surface area contributed by atoms with Gasteiger partial charge in [-0.3, -0.25) is 4.79 Å². The molecule has 0 aromatic heterocycles. The molecule has 1 N–H and O–H groups in total. The molecule has 30 heavy (non-hydrogen) atoms. The molecule has 3 aromatic rings. The Morgan fingerprint density at radius 3 is 2.30 bits per heavy atom. The Labute approximate surface area is 177 Å². The first kappa shape index (κ1) is 21.7. The van der Waals surface area contributed by atoms with Crippen LogP contribution in [0.3, 0.4) is 0 Å². The fourth-order valence-corrected chi connectivity index (χ4v) is 3.74. The average molecular weight is 406 g/mol. The number of hydrogen-bond donors (Lipinski definition) is 1. The van der Waals surface area contributed by atoms with Crippen molar-refractivity contribution in [2.75, 3.05) is 13.7 Å². The van der Waals surface area contributed by atoms with E-state index in [1.165, 1.54) is 12.7 Å². The normalized spacial score (nSPS) is 12.9. The topological polar surface area (TPSA) is 38.3 Å². The zero-order valence-electron chi connectivity index (χ0n) is 17.5. The zero-order chi connectivity index (χ0) is 21.3. The van der Waals surface area contributed by atoms with Gasteiger partial charge in [-0.15, -0.1) is 0 Å². The molecule has 4 heteroatoms. The Morgan fingerprint density at radius 1 is 1.00 bits per heavy atom. The molecular weight excluding hydrogens is 377 g/mol. The van der Waals surface area contributed by atoms with Crippen LogP contribution < -0.4 is 5.32 Å². The van der Waals surface area contributed by atoms with Crippen LogP contribution in [0.5, 0.6) is 0 Å². The lowest BCUT2D eigenvalue weighted by Crippen LogP contribution is -2.36. The highest BCUT2D eigenvalue weighted by Crippen LogP contribution is 2.30. The van der Waals surface area contributed by atoms with Crippen molar-refractivity contribution in [3.05, 3.63) is 95.8 Å². The molecule has 0 heterocycles. The van der Waals surface area contributed by atoms with Crippen molar-refractivity contribution >= 4 is 5.97 Å². The third-order valence-corrected chi connectivity index (χ3v) is 5.49. The molecule has 0 aliphatic rings. The van der Waals surface area contributed by atoms with Gasteiger partial charge >= 0.3 is 5.97 Å². The number of carbonyl (C=O) groups is 1.